The van der Waals surface area contributed by atoms with E-state index in [0.717, 1.165) is 25.2 Å². The number of carbonyl (C=O) groups excluding carboxylic acids is 1. The Balaban J connectivity index is 1.97. The SMILES string of the molecule is CC(=O)Nc1cc(CN2CCCCC2)cnn1. The highest BCUT2D eigenvalue weighted by Crippen LogP contribution is 2.13. The topological polar surface area (TPSA) is 58.1 Å². The number of hydrogen-bond acceptors (Lipinski definition) is 4. The fourth-order valence-electron chi connectivity index (χ4n) is 2.11. The molecule has 0 aromatic carbocycles. The number of nitrogens with one attached hydrogen (secondary N) is 1. The first kappa shape index (κ1) is 12.0. The van der Waals surface area contributed by atoms with Gasteiger partial charge in [0.05, 0.1) is 6.20 Å². The largest absolute Gasteiger partial charge is 0.309 e. The summed E-state index contributed by atoms with van der Waals surface area (Å²) in [7, 11) is 0. The van der Waals surface area contributed by atoms with Gasteiger partial charge in [-0.25, -0.2) is 0 Å². The van der Waals surface area contributed by atoms with Crippen molar-refractivity contribution in [2.75, 3.05) is 18.4 Å². The molecule has 1 fully saturated rings. The molecule has 17 heavy (non-hydrogen) atoms. The molecule has 1 N–H and O–H groups in total. The molecule has 1 aromatic heterocycles. The standard InChI is InChI=1S/C12H18N4O/c1-10(17)14-12-7-11(8-13-15-12)9-16-5-3-2-4-6-16/h7-8H,2-6,9H2,1H3,(H,14,15,17). The predicted octanol–water partition coefficient (Wildman–Crippen LogP) is 1.42. The summed E-state index contributed by atoms with van der Waals surface area (Å²) in [6, 6.07) is 1.89. The van der Waals surface area contributed by atoms with Gasteiger partial charge in [0.25, 0.3) is 0 Å². The smallest absolute Gasteiger partial charge is 0.222 e. The third kappa shape index (κ3) is 3.78. The van der Waals surface area contributed by atoms with Gasteiger partial charge in [-0.3, -0.25) is 9.69 Å². The molecule has 2 heterocycles. The van der Waals surface area contributed by atoms with Crippen LogP contribution < -0.4 is 5.32 Å². The third-order valence-corrected chi connectivity index (χ3v) is 2.87. The lowest BCUT2D eigenvalue weighted by Gasteiger charge is -2.26. The van der Waals surface area contributed by atoms with Crippen LogP contribution in [0.25, 0.3) is 0 Å². The lowest BCUT2D eigenvalue weighted by Crippen LogP contribution is -2.29. The Kier molecular flexibility index (Phi) is 4.03. The first-order valence-electron chi connectivity index (χ1n) is 6.05. The molecule has 1 aliphatic rings. The van der Waals surface area contributed by atoms with Crippen molar-refractivity contribution in [3.05, 3.63) is 17.8 Å². The zero-order valence-corrected chi connectivity index (χ0v) is 10.1. The van der Waals surface area contributed by atoms with Crippen LogP contribution in [-0.2, 0) is 11.3 Å². The predicted molar refractivity (Wildman–Crippen MR) is 65.5 cm³/mol. The van der Waals surface area contributed by atoms with Crippen LogP contribution in [0, 0.1) is 0 Å². The van der Waals surface area contributed by atoms with Crippen molar-refractivity contribution in [3.63, 3.8) is 0 Å². The zero-order valence-electron chi connectivity index (χ0n) is 10.1. The molecule has 1 aliphatic heterocycles. The van der Waals surface area contributed by atoms with Crippen LogP contribution in [-0.4, -0.2) is 34.1 Å². The van der Waals surface area contributed by atoms with Crippen LogP contribution in [0.1, 0.15) is 31.7 Å². The van der Waals surface area contributed by atoms with E-state index in [1.165, 1.54) is 26.2 Å². The second-order valence-electron chi connectivity index (χ2n) is 4.47. The normalized spacial score (nSPS) is 16.8. The molecule has 1 aromatic rings. The quantitative estimate of drug-likeness (QED) is 0.859. The summed E-state index contributed by atoms with van der Waals surface area (Å²) < 4.78 is 0. The maximum Gasteiger partial charge on any atom is 0.222 e. The number of carbonyl (C=O) groups is 1. The van der Waals surface area contributed by atoms with Gasteiger partial charge in [-0.1, -0.05) is 6.42 Å². The van der Waals surface area contributed by atoms with Gasteiger partial charge in [0, 0.05) is 13.5 Å². The summed E-state index contributed by atoms with van der Waals surface area (Å²) >= 11 is 0. The second-order valence-corrected chi connectivity index (χ2v) is 4.47. The Bertz CT molecular complexity index is 388. The molecule has 0 saturated carbocycles. The van der Waals surface area contributed by atoms with Gasteiger partial charge in [-0.2, -0.15) is 5.10 Å². The van der Waals surface area contributed by atoms with Gasteiger partial charge in [-0.15, -0.1) is 5.10 Å². The van der Waals surface area contributed by atoms with Crippen molar-refractivity contribution in [1.29, 1.82) is 0 Å². The molecular formula is C12H18N4O. The average molecular weight is 234 g/mol. The van der Waals surface area contributed by atoms with Crippen LogP contribution in [0.5, 0.6) is 0 Å². The highest BCUT2D eigenvalue weighted by molar-refractivity contribution is 5.87. The van der Waals surface area contributed by atoms with Crippen molar-refractivity contribution in [2.45, 2.75) is 32.7 Å². The number of likely N-dealkylation sites (tertiary alicyclic amines) is 1. The maximum absolute atomic E-state index is 10.9. The van der Waals surface area contributed by atoms with E-state index < -0.39 is 0 Å². The molecule has 5 heteroatoms. The Hall–Kier alpha value is -1.49. The van der Waals surface area contributed by atoms with E-state index in [-0.39, 0.29) is 5.91 Å². The van der Waals surface area contributed by atoms with E-state index in [1.807, 2.05) is 6.07 Å². The van der Waals surface area contributed by atoms with Crippen molar-refractivity contribution < 1.29 is 4.79 Å². The molecule has 0 radical (unpaired) electrons. The number of aromatic nitrogens is 2. The first-order valence-corrected chi connectivity index (χ1v) is 6.05. The van der Waals surface area contributed by atoms with Crippen molar-refractivity contribution >= 4 is 11.7 Å². The van der Waals surface area contributed by atoms with Gasteiger partial charge in [0.1, 0.15) is 0 Å². The van der Waals surface area contributed by atoms with E-state index in [2.05, 4.69) is 20.4 Å². The van der Waals surface area contributed by atoms with Gasteiger partial charge < -0.3 is 5.32 Å². The Morgan fingerprint density at radius 1 is 1.41 bits per heavy atom. The minimum Gasteiger partial charge on any atom is -0.309 e. The second kappa shape index (κ2) is 5.72. The van der Waals surface area contributed by atoms with Crippen LogP contribution in [0.2, 0.25) is 0 Å². The first-order chi connectivity index (χ1) is 8.24. The van der Waals surface area contributed by atoms with Crippen LogP contribution in [0.15, 0.2) is 12.3 Å². The number of piperidine rings is 1. The van der Waals surface area contributed by atoms with E-state index >= 15 is 0 Å². The minimum absolute atomic E-state index is 0.116. The van der Waals surface area contributed by atoms with Gasteiger partial charge in [-0.05, 0) is 37.6 Å². The van der Waals surface area contributed by atoms with E-state index in [4.69, 9.17) is 0 Å². The Morgan fingerprint density at radius 2 is 2.18 bits per heavy atom. The summed E-state index contributed by atoms with van der Waals surface area (Å²) in [6.45, 7) is 4.66. The summed E-state index contributed by atoms with van der Waals surface area (Å²) in [5.74, 6) is 0.418. The summed E-state index contributed by atoms with van der Waals surface area (Å²) in [5.41, 5.74) is 1.10. The van der Waals surface area contributed by atoms with Crippen molar-refractivity contribution in [3.8, 4) is 0 Å². The van der Waals surface area contributed by atoms with E-state index in [1.54, 1.807) is 6.20 Å². The molecule has 0 atom stereocenters. The van der Waals surface area contributed by atoms with E-state index in [9.17, 15) is 4.79 Å². The molecule has 1 amide bonds. The number of hydrogen-bond donors (Lipinski definition) is 1. The molecule has 92 valence electrons. The summed E-state index contributed by atoms with van der Waals surface area (Å²) in [6.07, 6.45) is 5.65. The number of amides is 1. The summed E-state index contributed by atoms with van der Waals surface area (Å²) in [5, 5.41) is 10.4. The van der Waals surface area contributed by atoms with Crippen molar-refractivity contribution in [2.24, 2.45) is 0 Å². The molecule has 0 unspecified atom stereocenters. The lowest BCUT2D eigenvalue weighted by molar-refractivity contribution is -0.114. The Labute approximate surface area is 101 Å². The molecule has 0 aliphatic carbocycles. The molecular weight excluding hydrogens is 216 g/mol. The number of anilines is 1. The molecule has 5 nitrogen and oxygen atoms in total. The van der Waals surface area contributed by atoms with E-state index in [0.29, 0.717) is 5.82 Å². The van der Waals surface area contributed by atoms with Crippen LogP contribution in [0.4, 0.5) is 5.82 Å². The fourth-order valence-corrected chi connectivity index (χ4v) is 2.11. The molecule has 2 rings (SSSR count). The van der Waals surface area contributed by atoms with Crippen molar-refractivity contribution in [1.82, 2.24) is 15.1 Å². The minimum atomic E-state index is -0.116. The average Bonchev–Trinajstić information content (AvgIpc) is 2.30. The van der Waals surface area contributed by atoms with Crippen LogP contribution in [0.3, 0.4) is 0 Å². The van der Waals surface area contributed by atoms with Gasteiger partial charge >= 0.3 is 0 Å². The third-order valence-electron chi connectivity index (χ3n) is 2.87. The Morgan fingerprint density at radius 3 is 2.88 bits per heavy atom. The lowest BCUT2D eigenvalue weighted by atomic mass is 10.1. The van der Waals surface area contributed by atoms with Crippen LogP contribution >= 0.6 is 0 Å². The number of nitrogens with zero attached hydrogens (tertiary/aromatic N) is 3. The highest BCUT2D eigenvalue weighted by Gasteiger charge is 2.11. The molecule has 1 saturated heterocycles. The summed E-state index contributed by atoms with van der Waals surface area (Å²) in [4.78, 5) is 13.3. The number of rotatable bonds is 3. The highest BCUT2D eigenvalue weighted by atomic mass is 16.1. The molecule has 0 spiro atoms. The monoisotopic (exact) mass is 234 g/mol. The molecule has 0 bridgehead atoms. The fraction of sp³-hybridized carbons (Fsp3) is 0.583. The van der Waals surface area contributed by atoms with Gasteiger partial charge in [0.2, 0.25) is 5.91 Å². The van der Waals surface area contributed by atoms with Gasteiger partial charge in [0.15, 0.2) is 5.82 Å². The maximum atomic E-state index is 10.9. The zero-order chi connectivity index (χ0) is 12.1.